The van der Waals surface area contributed by atoms with E-state index >= 15 is 0 Å². The number of furan rings is 1. The van der Waals surface area contributed by atoms with Gasteiger partial charge in [0.05, 0.1) is 6.54 Å². The summed E-state index contributed by atoms with van der Waals surface area (Å²) in [7, 11) is 0. The monoisotopic (exact) mass is 256 g/mol. The smallest absolute Gasteiger partial charge is 0.117 e. The van der Waals surface area contributed by atoms with Crippen molar-refractivity contribution in [1.82, 2.24) is 10.6 Å². The van der Waals surface area contributed by atoms with Crippen molar-refractivity contribution in [2.24, 2.45) is 0 Å². The SMILES string of the molecule is Cc1ccc(CNCC2CNCc3ccccc32)o1. The lowest BCUT2D eigenvalue weighted by molar-refractivity contribution is 0.444. The topological polar surface area (TPSA) is 37.2 Å². The van der Waals surface area contributed by atoms with E-state index < -0.39 is 0 Å². The highest BCUT2D eigenvalue weighted by molar-refractivity contribution is 5.32. The van der Waals surface area contributed by atoms with Crippen LogP contribution in [-0.2, 0) is 13.1 Å². The van der Waals surface area contributed by atoms with Gasteiger partial charge in [-0.25, -0.2) is 0 Å². The first kappa shape index (κ1) is 12.5. The Kier molecular flexibility index (Phi) is 3.67. The van der Waals surface area contributed by atoms with Gasteiger partial charge in [0.1, 0.15) is 11.5 Å². The molecule has 0 amide bonds. The Hall–Kier alpha value is -1.58. The first-order valence-electron chi connectivity index (χ1n) is 6.87. The number of hydrogen-bond donors (Lipinski definition) is 2. The lowest BCUT2D eigenvalue weighted by Crippen LogP contribution is -2.34. The zero-order valence-corrected chi connectivity index (χ0v) is 11.3. The van der Waals surface area contributed by atoms with E-state index in [0.717, 1.165) is 37.7 Å². The van der Waals surface area contributed by atoms with Crippen LogP contribution in [0.15, 0.2) is 40.8 Å². The van der Waals surface area contributed by atoms with Crippen molar-refractivity contribution < 1.29 is 4.42 Å². The van der Waals surface area contributed by atoms with Crippen LogP contribution in [0.25, 0.3) is 0 Å². The van der Waals surface area contributed by atoms with Crippen molar-refractivity contribution in [3.63, 3.8) is 0 Å². The maximum absolute atomic E-state index is 5.56. The molecule has 1 aromatic carbocycles. The molecule has 0 fully saturated rings. The number of benzene rings is 1. The summed E-state index contributed by atoms with van der Waals surface area (Å²) in [6.45, 7) is 5.78. The summed E-state index contributed by atoms with van der Waals surface area (Å²) in [5.41, 5.74) is 2.90. The van der Waals surface area contributed by atoms with Crippen LogP contribution in [-0.4, -0.2) is 13.1 Å². The molecule has 0 saturated carbocycles. The fourth-order valence-electron chi connectivity index (χ4n) is 2.72. The van der Waals surface area contributed by atoms with Crippen LogP contribution in [0.5, 0.6) is 0 Å². The van der Waals surface area contributed by atoms with Gasteiger partial charge < -0.3 is 15.1 Å². The molecule has 2 N–H and O–H groups in total. The van der Waals surface area contributed by atoms with Crippen molar-refractivity contribution in [3.05, 3.63) is 59.0 Å². The predicted molar refractivity (Wildman–Crippen MR) is 76.0 cm³/mol. The van der Waals surface area contributed by atoms with E-state index in [1.165, 1.54) is 11.1 Å². The van der Waals surface area contributed by atoms with Gasteiger partial charge in [-0.1, -0.05) is 24.3 Å². The van der Waals surface area contributed by atoms with Crippen LogP contribution < -0.4 is 10.6 Å². The van der Waals surface area contributed by atoms with Crippen LogP contribution in [0, 0.1) is 6.92 Å². The second-order valence-electron chi connectivity index (χ2n) is 5.17. The van der Waals surface area contributed by atoms with Gasteiger partial charge in [-0.3, -0.25) is 0 Å². The molecular weight excluding hydrogens is 236 g/mol. The third-order valence-electron chi connectivity index (χ3n) is 3.69. The normalized spacial score (nSPS) is 18.3. The van der Waals surface area contributed by atoms with E-state index in [1.807, 2.05) is 19.1 Å². The van der Waals surface area contributed by atoms with Crippen molar-refractivity contribution in [1.29, 1.82) is 0 Å². The summed E-state index contributed by atoms with van der Waals surface area (Å²) in [4.78, 5) is 0. The molecule has 1 aliphatic heterocycles. The van der Waals surface area contributed by atoms with Crippen molar-refractivity contribution in [2.75, 3.05) is 13.1 Å². The molecule has 0 bridgehead atoms. The molecule has 2 aromatic rings. The molecule has 1 aromatic heterocycles. The van der Waals surface area contributed by atoms with Crippen molar-refractivity contribution in [3.8, 4) is 0 Å². The Morgan fingerprint density at radius 2 is 2.16 bits per heavy atom. The van der Waals surface area contributed by atoms with E-state index in [1.54, 1.807) is 0 Å². The molecule has 0 aliphatic carbocycles. The van der Waals surface area contributed by atoms with Crippen LogP contribution in [0.1, 0.15) is 28.6 Å². The Labute approximate surface area is 114 Å². The fourth-order valence-corrected chi connectivity index (χ4v) is 2.72. The summed E-state index contributed by atoms with van der Waals surface area (Å²) in [6, 6.07) is 12.8. The molecule has 1 atom stereocenters. The average Bonchev–Trinajstić information content (AvgIpc) is 2.85. The Balaban J connectivity index is 1.59. The summed E-state index contributed by atoms with van der Waals surface area (Å²) >= 11 is 0. The molecule has 3 nitrogen and oxygen atoms in total. The Morgan fingerprint density at radius 3 is 3.00 bits per heavy atom. The van der Waals surface area contributed by atoms with E-state index in [2.05, 4.69) is 34.9 Å². The first-order chi connectivity index (χ1) is 9.33. The Bertz CT molecular complexity index is 547. The molecule has 0 radical (unpaired) electrons. The van der Waals surface area contributed by atoms with Gasteiger partial charge in [-0.05, 0) is 30.2 Å². The third kappa shape index (κ3) is 2.88. The van der Waals surface area contributed by atoms with Crippen LogP contribution >= 0.6 is 0 Å². The van der Waals surface area contributed by atoms with Crippen molar-refractivity contribution in [2.45, 2.75) is 25.9 Å². The summed E-state index contributed by atoms with van der Waals surface area (Å²) in [5.74, 6) is 2.53. The number of rotatable bonds is 4. The van der Waals surface area contributed by atoms with E-state index in [0.29, 0.717) is 5.92 Å². The quantitative estimate of drug-likeness (QED) is 0.883. The minimum Gasteiger partial charge on any atom is -0.465 e. The molecule has 0 spiro atoms. The lowest BCUT2D eigenvalue weighted by atomic mass is 9.91. The number of fused-ring (bicyclic) bond motifs is 1. The highest BCUT2D eigenvalue weighted by Gasteiger charge is 2.18. The van der Waals surface area contributed by atoms with E-state index in [-0.39, 0.29) is 0 Å². The molecule has 19 heavy (non-hydrogen) atoms. The molecule has 3 rings (SSSR count). The highest BCUT2D eigenvalue weighted by atomic mass is 16.3. The second-order valence-corrected chi connectivity index (χ2v) is 5.17. The summed E-state index contributed by atoms with van der Waals surface area (Å²) < 4.78 is 5.56. The Morgan fingerprint density at radius 1 is 1.26 bits per heavy atom. The highest BCUT2D eigenvalue weighted by Crippen LogP contribution is 2.23. The number of nitrogens with one attached hydrogen (secondary N) is 2. The molecule has 3 heteroatoms. The fraction of sp³-hybridized carbons (Fsp3) is 0.375. The number of hydrogen-bond acceptors (Lipinski definition) is 3. The summed E-state index contributed by atoms with van der Waals surface area (Å²) in [6.07, 6.45) is 0. The standard InChI is InChI=1S/C16H20N2O/c1-12-6-7-15(19-12)11-18-10-14-9-17-8-13-4-2-3-5-16(13)14/h2-7,14,17-18H,8-11H2,1H3. The van der Waals surface area contributed by atoms with Gasteiger partial charge in [0, 0.05) is 25.6 Å². The predicted octanol–water partition coefficient (Wildman–Crippen LogP) is 2.56. The van der Waals surface area contributed by atoms with Gasteiger partial charge in [0.25, 0.3) is 0 Å². The van der Waals surface area contributed by atoms with Gasteiger partial charge in [-0.2, -0.15) is 0 Å². The van der Waals surface area contributed by atoms with Gasteiger partial charge >= 0.3 is 0 Å². The van der Waals surface area contributed by atoms with Gasteiger partial charge in [-0.15, -0.1) is 0 Å². The third-order valence-corrected chi connectivity index (χ3v) is 3.69. The second kappa shape index (κ2) is 5.59. The average molecular weight is 256 g/mol. The lowest BCUT2D eigenvalue weighted by Gasteiger charge is -2.26. The first-order valence-corrected chi connectivity index (χ1v) is 6.87. The van der Waals surface area contributed by atoms with Crippen LogP contribution in [0.3, 0.4) is 0 Å². The largest absolute Gasteiger partial charge is 0.465 e. The molecule has 0 saturated heterocycles. The van der Waals surface area contributed by atoms with Crippen molar-refractivity contribution >= 4 is 0 Å². The zero-order chi connectivity index (χ0) is 13.1. The molecule has 2 heterocycles. The summed E-state index contributed by atoms with van der Waals surface area (Å²) in [5, 5.41) is 6.97. The minimum atomic E-state index is 0.543. The maximum atomic E-state index is 5.56. The van der Waals surface area contributed by atoms with Crippen LogP contribution in [0.2, 0.25) is 0 Å². The van der Waals surface area contributed by atoms with Crippen LogP contribution in [0.4, 0.5) is 0 Å². The molecule has 1 unspecified atom stereocenters. The van der Waals surface area contributed by atoms with E-state index in [9.17, 15) is 0 Å². The zero-order valence-electron chi connectivity index (χ0n) is 11.3. The minimum absolute atomic E-state index is 0.543. The number of aryl methyl sites for hydroxylation is 1. The van der Waals surface area contributed by atoms with Gasteiger partial charge in [0.2, 0.25) is 0 Å². The van der Waals surface area contributed by atoms with Gasteiger partial charge in [0.15, 0.2) is 0 Å². The molecule has 1 aliphatic rings. The van der Waals surface area contributed by atoms with E-state index in [4.69, 9.17) is 4.42 Å². The maximum Gasteiger partial charge on any atom is 0.117 e. The molecular formula is C16H20N2O. The molecule has 100 valence electrons.